The van der Waals surface area contributed by atoms with Gasteiger partial charge in [0.2, 0.25) is 0 Å². The molecule has 1 aliphatic rings. The molecule has 78 valence electrons. The SMILES string of the molecule is Cn1nc(C2CC2)cc1COS(=O)[O-]. The number of aryl methyl sites for hydroxylation is 1. The Morgan fingerprint density at radius 3 is 3.07 bits per heavy atom. The summed E-state index contributed by atoms with van der Waals surface area (Å²) < 4.78 is 26.5. The minimum absolute atomic E-state index is 0.0618. The van der Waals surface area contributed by atoms with E-state index in [2.05, 4.69) is 9.28 Å². The van der Waals surface area contributed by atoms with Crippen molar-refractivity contribution in [1.82, 2.24) is 9.78 Å². The maximum absolute atomic E-state index is 10.2. The van der Waals surface area contributed by atoms with E-state index in [1.165, 1.54) is 12.8 Å². The van der Waals surface area contributed by atoms with Crippen LogP contribution in [0.5, 0.6) is 0 Å². The Morgan fingerprint density at radius 2 is 2.50 bits per heavy atom. The largest absolute Gasteiger partial charge is 0.750 e. The molecule has 1 unspecified atom stereocenters. The molecule has 1 fully saturated rings. The van der Waals surface area contributed by atoms with E-state index in [-0.39, 0.29) is 6.61 Å². The first-order chi connectivity index (χ1) is 6.66. The fourth-order valence-electron chi connectivity index (χ4n) is 1.35. The quantitative estimate of drug-likeness (QED) is 0.690. The normalized spacial score (nSPS) is 18.4. The lowest BCUT2D eigenvalue weighted by atomic mass is 10.3. The summed E-state index contributed by atoms with van der Waals surface area (Å²) in [4.78, 5) is 0. The first kappa shape index (κ1) is 9.82. The molecule has 1 atom stereocenters. The third-order valence-corrected chi connectivity index (χ3v) is 2.60. The van der Waals surface area contributed by atoms with Gasteiger partial charge in [-0.15, -0.1) is 0 Å². The molecule has 0 amide bonds. The van der Waals surface area contributed by atoms with Gasteiger partial charge in [0, 0.05) is 13.0 Å². The van der Waals surface area contributed by atoms with Crippen LogP contribution in [0.25, 0.3) is 0 Å². The van der Waals surface area contributed by atoms with Gasteiger partial charge in [0.15, 0.2) is 0 Å². The maximum Gasteiger partial charge on any atom is 0.105 e. The average molecular weight is 215 g/mol. The first-order valence-electron chi connectivity index (χ1n) is 4.42. The second-order valence-corrected chi connectivity index (χ2v) is 4.07. The minimum Gasteiger partial charge on any atom is -0.750 e. The Bertz CT molecular complexity index is 359. The van der Waals surface area contributed by atoms with Crippen molar-refractivity contribution in [1.29, 1.82) is 0 Å². The zero-order valence-corrected chi connectivity index (χ0v) is 8.62. The van der Waals surface area contributed by atoms with Crippen LogP contribution in [0.4, 0.5) is 0 Å². The molecule has 0 aromatic carbocycles. The lowest BCUT2D eigenvalue weighted by molar-refractivity contribution is 0.282. The van der Waals surface area contributed by atoms with Crippen molar-refractivity contribution in [3.63, 3.8) is 0 Å². The number of hydrogen-bond donors (Lipinski definition) is 0. The zero-order valence-electron chi connectivity index (χ0n) is 7.80. The molecule has 0 aliphatic heterocycles. The van der Waals surface area contributed by atoms with Crippen LogP contribution in [0.3, 0.4) is 0 Å². The van der Waals surface area contributed by atoms with Gasteiger partial charge >= 0.3 is 0 Å². The molecule has 1 aliphatic carbocycles. The predicted molar refractivity (Wildman–Crippen MR) is 48.9 cm³/mol. The van der Waals surface area contributed by atoms with Crippen LogP contribution in [0.1, 0.15) is 30.1 Å². The zero-order chi connectivity index (χ0) is 10.1. The van der Waals surface area contributed by atoms with E-state index in [1.807, 2.05) is 6.07 Å². The molecule has 2 rings (SSSR count). The Kier molecular flexibility index (Phi) is 2.66. The van der Waals surface area contributed by atoms with E-state index < -0.39 is 11.4 Å². The molecule has 0 saturated heterocycles. The summed E-state index contributed by atoms with van der Waals surface area (Å²) in [6.45, 7) is 0.0618. The molecular weight excluding hydrogens is 204 g/mol. The highest BCUT2D eigenvalue weighted by atomic mass is 32.2. The van der Waals surface area contributed by atoms with E-state index in [1.54, 1.807) is 11.7 Å². The van der Waals surface area contributed by atoms with Gasteiger partial charge in [0.25, 0.3) is 0 Å². The summed E-state index contributed by atoms with van der Waals surface area (Å²) in [6, 6.07) is 1.91. The van der Waals surface area contributed by atoms with Gasteiger partial charge in [0.1, 0.15) is 6.61 Å². The van der Waals surface area contributed by atoms with Crippen LogP contribution in [0, 0.1) is 0 Å². The Morgan fingerprint density at radius 1 is 1.79 bits per heavy atom. The first-order valence-corrected chi connectivity index (χ1v) is 5.42. The van der Waals surface area contributed by atoms with Gasteiger partial charge < -0.3 is 4.55 Å². The summed E-state index contributed by atoms with van der Waals surface area (Å²) in [5.74, 6) is 0.577. The standard InChI is InChI=1S/C8H12N2O3S/c1-10-7(5-13-14(11)12)4-8(9-10)6-2-3-6/h4,6H,2-3,5H2,1H3,(H,11,12)/p-1. The van der Waals surface area contributed by atoms with Gasteiger partial charge in [-0.05, 0) is 18.9 Å². The van der Waals surface area contributed by atoms with Gasteiger partial charge in [-0.25, -0.2) is 4.21 Å². The van der Waals surface area contributed by atoms with Crippen LogP contribution in [0.2, 0.25) is 0 Å². The van der Waals surface area contributed by atoms with Crippen LogP contribution in [0.15, 0.2) is 6.07 Å². The Hall–Kier alpha value is -0.720. The highest BCUT2D eigenvalue weighted by molar-refractivity contribution is 7.74. The molecular formula is C8H11N2O3S-. The molecule has 0 N–H and O–H groups in total. The van der Waals surface area contributed by atoms with Gasteiger partial charge in [-0.3, -0.25) is 8.86 Å². The predicted octanol–water partition coefficient (Wildman–Crippen LogP) is 0.608. The summed E-state index contributed by atoms with van der Waals surface area (Å²) >= 11 is -2.45. The van der Waals surface area contributed by atoms with Crippen molar-refractivity contribution in [2.75, 3.05) is 0 Å². The fourth-order valence-corrected chi connectivity index (χ4v) is 1.57. The van der Waals surface area contributed by atoms with Crippen LogP contribution in [-0.2, 0) is 29.2 Å². The average Bonchev–Trinajstić information content (AvgIpc) is 2.88. The molecule has 1 aromatic heterocycles. The number of aromatic nitrogens is 2. The Balaban J connectivity index is 2.04. The molecule has 5 nitrogen and oxygen atoms in total. The van der Waals surface area contributed by atoms with Crippen molar-refractivity contribution < 1.29 is 12.9 Å². The highest BCUT2D eigenvalue weighted by Gasteiger charge is 2.26. The van der Waals surface area contributed by atoms with E-state index in [0.717, 1.165) is 11.4 Å². The van der Waals surface area contributed by atoms with Crippen molar-refractivity contribution >= 4 is 11.4 Å². The topological polar surface area (TPSA) is 67.2 Å². The summed E-state index contributed by atoms with van der Waals surface area (Å²) in [5, 5.41) is 4.29. The Labute approximate surface area is 84.6 Å². The summed E-state index contributed by atoms with van der Waals surface area (Å²) in [6.07, 6.45) is 2.37. The highest BCUT2D eigenvalue weighted by Crippen LogP contribution is 2.39. The minimum atomic E-state index is -2.45. The lowest BCUT2D eigenvalue weighted by Crippen LogP contribution is -2.02. The third kappa shape index (κ3) is 2.20. The van der Waals surface area contributed by atoms with Crippen LogP contribution >= 0.6 is 0 Å². The number of hydrogen-bond acceptors (Lipinski definition) is 4. The van der Waals surface area contributed by atoms with Crippen LogP contribution < -0.4 is 0 Å². The van der Waals surface area contributed by atoms with Crippen molar-refractivity contribution in [2.24, 2.45) is 7.05 Å². The second kappa shape index (κ2) is 3.80. The number of nitrogens with zero attached hydrogens (tertiary/aromatic N) is 2. The van der Waals surface area contributed by atoms with E-state index >= 15 is 0 Å². The van der Waals surface area contributed by atoms with Crippen LogP contribution in [-0.4, -0.2) is 18.5 Å². The molecule has 6 heteroatoms. The summed E-state index contributed by atoms with van der Waals surface area (Å²) in [7, 11) is 1.79. The smallest absolute Gasteiger partial charge is 0.105 e. The van der Waals surface area contributed by atoms with E-state index in [9.17, 15) is 8.76 Å². The molecule has 14 heavy (non-hydrogen) atoms. The molecule has 1 saturated carbocycles. The fraction of sp³-hybridized carbons (Fsp3) is 0.625. The molecule has 1 aromatic rings. The van der Waals surface area contributed by atoms with Crippen molar-refractivity contribution in [3.8, 4) is 0 Å². The van der Waals surface area contributed by atoms with Gasteiger partial charge in [-0.2, -0.15) is 5.10 Å². The maximum atomic E-state index is 10.2. The summed E-state index contributed by atoms with van der Waals surface area (Å²) in [5.41, 5.74) is 1.83. The molecule has 0 radical (unpaired) electrons. The number of rotatable bonds is 4. The lowest BCUT2D eigenvalue weighted by Gasteiger charge is -2.04. The molecule has 0 spiro atoms. The van der Waals surface area contributed by atoms with Crippen molar-refractivity contribution in [2.45, 2.75) is 25.4 Å². The second-order valence-electron chi connectivity index (χ2n) is 3.42. The monoisotopic (exact) mass is 215 g/mol. The van der Waals surface area contributed by atoms with Gasteiger partial charge in [0.05, 0.1) is 22.7 Å². The third-order valence-electron chi connectivity index (χ3n) is 2.29. The van der Waals surface area contributed by atoms with Gasteiger partial charge in [-0.1, -0.05) is 0 Å². The van der Waals surface area contributed by atoms with E-state index in [0.29, 0.717) is 5.92 Å². The van der Waals surface area contributed by atoms with Crippen molar-refractivity contribution in [3.05, 3.63) is 17.5 Å². The molecule has 1 heterocycles. The van der Waals surface area contributed by atoms with E-state index in [4.69, 9.17) is 0 Å². The molecule has 0 bridgehead atoms.